The van der Waals surface area contributed by atoms with Gasteiger partial charge in [-0.15, -0.1) is 0 Å². The zero-order chi connectivity index (χ0) is 20.1. The van der Waals surface area contributed by atoms with Gasteiger partial charge in [0.15, 0.2) is 0 Å². The number of nitrogens with zero attached hydrogens (tertiary/aromatic N) is 1. The highest BCUT2D eigenvalue weighted by Crippen LogP contribution is 2.54. The third kappa shape index (κ3) is 2.74. The van der Waals surface area contributed by atoms with E-state index in [2.05, 4.69) is 4.98 Å². The van der Waals surface area contributed by atoms with Gasteiger partial charge in [-0.25, -0.2) is 4.90 Å². The van der Waals surface area contributed by atoms with Crippen LogP contribution in [-0.4, -0.2) is 29.2 Å². The number of carbonyl (C=O) groups excluding carboxylic acids is 2. The molecule has 3 unspecified atom stereocenters. The van der Waals surface area contributed by atoms with Crippen LogP contribution in [-0.2, 0) is 9.59 Å². The summed E-state index contributed by atoms with van der Waals surface area (Å²) in [6, 6.07) is 16.4. The number of thiazole rings is 1. The summed E-state index contributed by atoms with van der Waals surface area (Å²) >= 11 is 2.36. The lowest BCUT2D eigenvalue weighted by atomic mass is 9.82. The van der Waals surface area contributed by atoms with Crippen LogP contribution in [0.25, 0.3) is 0 Å². The van der Waals surface area contributed by atoms with Crippen molar-refractivity contribution in [3.05, 3.63) is 74.7 Å². The Labute approximate surface area is 174 Å². The summed E-state index contributed by atoms with van der Waals surface area (Å²) in [5.41, 5.74) is 1.37. The summed E-state index contributed by atoms with van der Waals surface area (Å²) < 4.78 is 5.54. The number of rotatable bonds is 3. The molecule has 0 aliphatic carbocycles. The maximum atomic E-state index is 13.5. The second-order valence-electron chi connectivity index (χ2n) is 6.84. The van der Waals surface area contributed by atoms with Gasteiger partial charge in [0.25, 0.3) is 0 Å². The fraction of sp³-hybridized carbons (Fsp3) is 0.190. The minimum absolute atomic E-state index is 0.192. The Bertz CT molecular complexity index is 1170. The van der Waals surface area contributed by atoms with Crippen molar-refractivity contribution in [2.24, 2.45) is 5.92 Å². The lowest BCUT2D eigenvalue weighted by molar-refractivity contribution is -0.122. The van der Waals surface area contributed by atoms with Crippen molar-refractivity contribution in [3.63, 3.8) is 0 Å². The second kappa shape index (κ2) is 6.89. The molecule has 6 nitrogen and oxygen atoms in total. The number of aromatic nitrogens is 1. The normalized spacial score (nSPS) is 23.1. The van der Waals surface area contributed by atoms with E-state index in [9.17, 15) is 14.4 Å². The topological polar surface area (TPSA) is 79.5 Å². The number of thioether (sulfide) groups is 1. The molecular formula is C21H16N2O4S2. The molecule has 0 spiro atoms. The number of carbonyl (C=O) groups is 2. The van der Waals surface area contributed by atoms with Crippen molar-refractivity contribution in [2.45, 2.75) is 16.2 Å². The molecule has 2 amide bonds. The molecule has 0 bridgehead atoms. The SMILES string of the molecule is COc1ccccc1C1c2sc(=O)[nH]c2SC2C(=O)N(c3ccccc3)C(=O)C21. The standard InChI is InChI=1S/C21H16N2O4S2/c1-27-13-10-6-5-9-12(13)14-15-17(28-18-16(14)29-21(26)22-18)20(25)23(19(15)24)11-7-3-2-4-8-11/h2-10,14-15,17H,1H3,(H,22,26). The number of imide groups is 1. The molecule has 8 heteroatoms. The van der Waals surface area contributed by atoms with Crippen LogP contribution in [0.2, 0.25) is 0 Å². The summed E-state index contributed by atoms with van der Waals surface area (Å²) in [6.45, 7) is 0. The molecule has 0 saturated carbocycles. The number of amides is 2. The second-order valence-corrected chi connectivity index (χ2v) is 9.01. The molecule has 1 saturated heterocycles. The van der Waals surface area contributed by atoms with E-state index in [0.29, 0.717) is 16.5 Å². The van der Waals surface area contributed by atoms with Crippen LogP contribution < -0.4 is 14.5 Å². The van der Waals surface area contributed by atoms with Gasteiger partial charge in [0, 0.05) is 16.4 Å². The Morgan fingerprint density at radius 1 is 0.966 bits per heavy atom. The van der Waals surface area contributed by atoms with E-state index in [0.717, 1.165) is 21.8 Å². The van der Waals surface area contributed by atoms with Crippen LogP contribution in [0.4, 0.5) is 5.69 Å². The number of methoxy groups -OCH3 is 1. The number of nitrogens with one attached hydrogen (secondary N) is 1. The molecule has 2 aromatic carbocycles. The minimum atomic E-state index is -0.608. The van der Waals surface area contributed by atoms with Gasteiger partial charge >= 0.3 is 4.87 Å². The first-order valence-electron chi connectivity index (χ1n) is 9.05. The van der Waals surface area contributed by atoms with Gasteiger partial charge in [-0.05, 0) is 18.2 Å². The molecule has 3 heterocycles. The van der Waals surface area contributed by atoms with Crippen LogP contribution in [0.5, 0.6) is 5.75 Å². The summed E-state index contributed by atoms with van der Waals surface area (Å²) in [7, 11) is 1.58. The average molecular weight is 425 g/mol. The van der Waals surface area contributed by atoms with Gasteiger partial charge in [0.05, 0.1) is 23.7 Å². The van der Waals surface area contributed by atoms with Crippen LogP contribution in [0.3, 0.4) is 0 Å². The van der Waals surface area contributed by atoms with Crippen molar-refractivity contribution < 1.29 is 14.3 Å². The van der Waals surface area contributed by atoms with E-state index in [1.807, 2.05) is 30.3 Å². The van der Waals surface area contributed by atoms with Crippen LogP contribution in [0.1, 0.15) is 16.4 Å². The van der Waals surface area contributed by atoms with Gasteiger partial charge in [0.2, 0.25) is 11.8 Å². The predicted octanol–water partition coefficient (Wildman–Crippen LogP) is 3.24. The van der Waals surface area contributed by atoms with Crippen molar-refractivity contribution in [3.8, 4) is 5.75 Å². The number of anilines is 1. The number of para-hydroxylation sites is 2. The number of benzene rings is 2. The van der Waals surface area contributed by atoms with Gasteiger partial charge in [-0.1, -0.05) is 59.5 Å². The molecule has 1 fully saturated rings. The van der Waals surface area contributed by atoms with Gasteiger partial charge in [-0.2, -0.15) is 0 Å². The summed E-state index contributed by atoms with van der Waals surface area (Å²) in [6.07, 6.45) is 0. The number of fused-ring (bicyclic) bond motifs is 2. The molecular weight excluding hydrogens is 408 g/mol. The van der Waals surface area contributed by atoms with E-state index >= 15 is 0 Å². The van der Waals surface area contributed by atoms with Gasteiger partial charge in [0.1, 0.15) is 11.0 Å². The average Bonchev–Trinajstić information content (AvgIpc) is 3.23. The molecule has 29 heavy (non-hydrogen) atoms. The first-order chi connectivity index (χ1) is 14.1. The predicted molar refractivity (Wildman–Crippen MR) is 112 cm³/mol. The first kappa shape index (κ1) is 18.2. The number of hydrogen-bond acceptors (Lipinski definition) is 6. The quantitative estimate of drug-likeness (QED) is 0.653. The fourth-order valence-electron chi connectivity index (χ4n) is 4.11. The summed E-state index contributed by atoms with van der Waals surface area (Å²) in [5, 5.41) is 0.0589. The number of ether oxygens (including phenoxy) is 1. The van der Waals surface area contributed by atoms with Crippen molar-refractivity contribution >= 4 is 40.6 Å². The van der Waals surface area contributed by atoms with E-state index in [-0.39, 0.29) is 16.7 Å². The zero-order valence-corrected chi connectivity index (χ0v) is 17.0. The third-order valence-corrected chi connectivity index (χ3v) is 7.71. The lowest BCUT2D eigenvalue weighted by Gasteiger charge is -2.30. The largest absolute Gasteiger partial charge is 0.496 e. The smallest absolute Gasteiger partial charge is 0.305 e. The molecule has 0 radical (unpaired) electrons. The van der Waals surface area contributed by atoms with Crippen LogP contribution in [0, 0.1) is 5.92 Å². The van der Waals surface area contributed by atoms with Gasteiger partial charge < -0.3 is 9.72 Å². The number of aromatic amines is 1. The Morgan fingerprint density at radius 3 is 2.45 bits per heavy atom. The molecule has 5 rings (SSSR count). The maximum Gasteiger partial charge on any atom is 0.305 e. The minimum Gasteiger partial charge on any atom is -0.496 e. The Morgan fingerprint density at radius 2 is 1.69 bits per heavy atom. The zero-order valence-electron chi connectivity index (χ0n) is 15.3. The van der Waals surface area contributed by atoms with E-state index in [4.69, 9.17) is 4.74 Å². The fourth-order valence-corrected chi connectivity index (χ4v) is 6.61. The number of hydrogen-bond donors (Lipinski definition) is 1. The van der Waals surface area contributed by atoms with E-state index < -0.39 is 17.1 Å². The molecule has 146 valence electrons. The molecule has 2 aliphatic rings. The van der Waals surface area contributed by atoms with Crippen LogP contribution in [0.15, 0.2) is 64.4 Å². The lowest BCUT2D eigenvalue weighted by Crippen LogP contribution is -2.32. The summed E-state index contributed by atoms with van der Waals surface area (Å²) in [5.74, 6) is -0.910. The monoisotopic (exact) mass is 424 g/mol. The third-order valence-electron chi connectivity index (χ3n) is 5.31. The molecule has 1 aromatic heterocycles. The van der Waals surface area contributed by atoms with Crippen LogP contribution >= 0.6 is 23.1 Å². The summed E-state index contributed by atoms with van der Waals surface area (Å²) in [4.78, 5) is 43.6. The number of H-pyrrole nitrogens is 1. The van der Waals surface area contributed by atoms with Crippen molar-refractivity contribution in [1.82, 2.24) is 4.98 Å². The van der Waals surface area contributed by atoms with Crippen molar-refractivity contribution in [2.75, 3.05) is 12.0 Å². The highest BCUT2D eigenvalue weighted by molar-refractivity contribution is 8.00. The Balaban J connectivity index is 1.69. The molecule has 3 atom stereocenters. The highest BCUT2D eigenvalue weighted by Gasteiger charge is 2.56. The highest BCUT2D eigenvalue weighted by atomic mass is 32.2. The molecule has 2 aliphatic heterocycles. The molecule has 3 aromatic rings. The van der Waals surface area contributed by atoms with E-state index in [1.54, 1.807) is 31.4 Å². The van der Waals surface area contributed by atoms with Crippen molar-refractivity contribution in [1.29, 1.82) is 0 Å². The Kier molecular flexibility index (Phi) is 4.33. The Hall–Kier alpha value is -2.84. The maximum absolute atomic E-state index is 13.5. The first-order valence-corrected chi connectivity index (χ1v) is 10.7. The molecule has 1 N–H and O–H groups in total. The van der Waals surface area contributed by atoms with Gasteiger partial charge in [-0.3, -0.25) is 14.4 Å². The van der Waals surface area contributed by atoms with E-state index in [1.165, 1.54) is 16.7 Å².